The van der Waals surface area contributed by atoms with E-state index in [4.69, 9.17) is 4.74 Å². The lowest BCUT2D eigenvalue weighted by molar-refractivity contribution is -0.152. The normalized spacial score (nSPS) is 25.0. The van der Waals surface area contributed by atoms with Gasteiger partial charge in [-0.2, -0.15) is 0 Å². The van der Waals surface area contributed by atoms with Crippen LogP contribution in [0.4, 0.5) is 8.78 Å². The predicted octanol–water partition coefficient (Wildman–Crippen LogP) is 2.97. The van der Waals surface area contributed by atoms with Crippen LogP contribution in [0.25, 0.3) is 0 Å². The van der Waals surface area contributed by atoms with Gasteiger partial charge < -0.3 is 14.7 Å². The molecule has 1 amide bonds. The van der Waals surface area contributed by atoms with Crippen LogP contribution in [0.15, 0.2) is 18.2 Å². The second-order valence-corrected chi connectivity index (χ2v) is 7.91. The van der Waals surface area contributed by atoms with E-state index in [1.165, 1.54) is 6.07 Å². The van der Waals surface area contributed by atoms with Crippen molar-refractivity contribution < 1.29 is 28.2 Å². The van der Waals surface area contributed by atoms with E-state index in [0.717, 1.165) is 12.1 Å². The molecule has 5 nitrogen and oxygen atoms in total. The zero-order chi connectivity index (χ0) is 19.8. The molecule has 2 fully saturated rings. The highest BCUT2D eigenvalue weighted by Crippen LogP contribution is 2.43. The Kier molecular flexibility index (Phi) is 5.25. The second-order valence-electron chi connectivity index (χ2n) is 7.91. The number of likely N-dealkylation sites (tertiary alicyclic amines) is 1. The van der Waals surface area contributed by atoms with Crippen LogP contribution >= 0.6 is 0 Å². The van der Waals surface area contributed by atoms with Crippen molar-refractivity contribution >= 4 is 11.9 Å². The van der Waals surface area contributed by atoms with Gasteiger partial charge in [0.05, 0.1) is 10.8 Å². The molecule has 1 aromatic carbocycles. The molecule has 1 N–H and O–H groups in total. The molecule has 27 heavy (non-hydrogen) atoms. The summed E-state index contributed by atoms with van der Waals surface area (Å²) in [6, 6.07) is 3.28. The van der Waals surface area contributed by atoms with Gasteiger partial charge in [-0.15, -0.1) is 0 Å². The Morgan fingerprint density at radius 2 is 1.85 bits per heavy atom. The summed E-state index contributed by atoms with van der Waals surface area (Å²) in [6.45, 7) is 4.69. The van der Waals surface area contributed by atoms with Gasteiger partial charge in [-0.25, -0.2) is 8.78 Å². The Morgan fingerprint density at radius 3 is 2.37 bits per heavy atom. The molecule has 1 unspecified atom stereocenters. The summed E-state index contributed by atoms with van der Waals surface area (Å²) >= 11 is 0. The van der Waals surface area contributed by atoms with Crippen LogP contribution in [0.3, 0.4) is 0 Å². The number of amides is 1. The molecule has 3 rings (SSSR count). The number of rotatable bonds is 4. The summed E-state index contributed by atoms with van der Waals surface area (Å²) in [5.74, 6) is -2.79. The molecule has 0 radical (unpaired) electrons. The van der Waals surface area contributed by atoms with E-state index in [9.17, 15) is 23.5 Å². The van der Waals surface area contributed by atoms with Gasteiger partial charge in [-0.3, -0.25) is 9.59 Å². The van der Waals surface area contributed by atoms with Crippen LogP contribution in [0.2, 0.25) is 0 Å². The van der Waals surface area contributed by atoms with E-state index in [1.807, 2.05) is 13.8 Å². The second kappa shape index (κ2) is 7.19. The Bertz CT molecular complexity index is 745. The number of hydrogen-bond donors (Lipinski definition) is 1. The van der Waals surface area contributed by atoms with Gasteiger partial charge in [0, 0.05) is 37.9 Å². The van der Waals surface area contributed by atoms with Crippen LogP contribution in [0.1, 0.15) is 38.7 Å². The minimum absolute atomic E-state index is 0.101. The highest BCUT2D eigenvalue weighted by molar-refractivity contribution is 5.90. The molecule has 0 saturated carbocycles. The van der Waals surface area contributed by atoms with E-state index in [1.54, 1.807) is 4.90 Å². The molecule has 2 heterocycles. The molecule has 2 saturated heterocycles. The smallest absolute Gasteiger partial charge is 0.311 e. The number of nitrogens with zero attached hydrogens (tertiary/aromatic N) is 1. The first-order valence-electron chi connectivity index (χ1n) is 9.29. The monoisotopic (exact) mass is 381 g/mol. The van der Waals surface area contributed by atoms with Crippen LogP contribution < -0.4 is 0 Å². The van der Waals surface area contributed by atoms with E-state index in [-0.39, 0.29) is 36.8 Å². The molecule has 1 atom stereocenters. The number of ether oxygens (including phenoxy) is 1. The summed E-state index contributed by atoms with van der Waals surface area (Å²) < 4.78 is 33.4. The van der Waals surface area contributed by atoms with Crippen LogP contribution in [0.5, 0.6) is 0 Å². The lowest BCUT2D eigenvalue weighted by Gasteiger charge is -2.39. The van der Waals surface area contributed by atoms with E-state index < -0.39 is 28.4 Å². The van der Waals surface area contributed by atoms with Crippen molar-refractivity contribution in [2.45, 2.75) is 38.5 Å². The van der Waals surface area contributed by atoms with Gasteiger partial charge >= 0.3 is 5.97 Å². The fourth-order valence-corrected chi connectivity index (χ4v) is 4.40. The summed E-state index contributed by atoms with van der Waals surface area (Å²) in [5, 5.41) is 9.74. The molecule has 2 aliphatic heterocycles. The molecule has 148 valence electrons. The molecule has 1 aromatic rings. The third-order valence-corrected chi connectivity index (χ3v) is 6.32. The first-order chi connectivity index (χ1) is 12.7. The van der Waals surface area contributed by atoms with Gasteiger partial charge in [-0.1, -0.05) is 19.9 Å². The van der Waals surface area contributed by atoms with Crippen molar-refractivity contribution in [3.8, 4) is 0 Å². The summed E-state index contributed by atoms with van der Waals surface area (Å²) in [7, 11) is 0. The number of carbonyl (C=O) groups is 2. The zero-order valence-electron chi connectivity index (χ0n) is 15.6. The van der Waals surface area contributed by atoms with Gasteiger partial charge in [0.2, 0.25) is 5.91 Å². The Labute approximate surface area is 157 Å². The highest BCUT2D eigenvalue weighted by Gasteiger charge is 2.53. The molecule has 0 aromatic heterocycles. The number of carbonyl (C=O) groups excluding carboxylic acids is 1. The number of halogens is 2. The van der Waals surface area contributed by atoms with Crippen LogP contribution in [-0.2, 0) is 19.7 Å². The summed E-state index contributed by atoms with van der Waals surface area (Å²) in [5.41, 5.74) is -1.99. The van der Waals surface area contributed by atoms with Crippen molar-refractivity contribution in [1.29, 1.82) is 0 Å². The van der Waals surface area contributed by atoms with E-state index in [0.29, 0.717) is 26.2 Å². The lowest BCUT2D eigenvalue weighted by atomic mass is 9.72. The maximum atomic E-state index is 14.6. The molecular formula is C20H25F2NO4. The number of carboxylic acids is 1. The standard InChI is InChI=1S/C20H25F2NO4/c1-13(2)20(18(25)26)5-8-23(12-20)17(24)19(6-9-27-10-7-19)15-4-3-14(21)11-16(15)22/h3-4,11,13H,5-10,12H2,1-2H3,(H,25,26). The molecule has 2 aliphatic rings. The minimum atomic E-state index is -1.15. The minimum Gasteiger partial charge on any atom is -0.481 e. The number of hydrogen-bond acceptors (Lipinski definition) is 3. The molecule has 0 spiro atoms. The van der Waals surface area contributed by atoms with Crippen molar-refractivity contribution in [2.75, 3.05) is 26.3 Å². The van der Waals surface area contributed by atoms with Gasteiger partial charge in [0.15, 0.2) is 0 Å². The first-order valence-corrected chi connectivity index (χ1v) is 9.29. The molecule has 0 aliphatic carbocycles. The Balaban J connectivity index is 1.97. The van der Waals surface area contributed by atoms with E-state index >= 15 is 0 Å². The van der Waals surface area contributed by atoms with Crippen molar-refractivity contribution in [1.82, 2.24) is 4.90 Å². The van der Waals surface area contributed by atoms with Crippen molar-refractivity contribution in [3.05, 3.63) is 35.4 Å². The maximum absolute atomic E-state index is 14.6. The van der Waals surface area contributed by atoms with Gasteiger partial charge in [0.25, 0.3) is 0 Å². The Hall–Kier alpha value is -2.02. The first kappa shape index (κ1) is 19.7. The molecule has 0 bridgehead atoms. The van der Waals surface area contributed by atoms with Gasteiger partial charge in [0.1, 0.15) is 11.6 Å². The van der Waals surface area contributed by atoms with Crippen LogP contribution in [0, 0.1) is 23.0 Å². The van der Waals surface area contributed by atoms with Crippen LogP contribution in [-0.4, -0.2) is 48.2 Å². The van der Waals surface area contributed by atoms with Crippen molar-refractivity contribution in [3.63, 3.8) is 0 Å². The summed E-state index contributed by atoms with van der Waals surface area (Å²) in [4.78, 5) is 26.9. The summed E-state index contributed by atoms with van der Waals surface area (Å²) in [6.07, 6.45) is 0.934. The topological polar surface area (TPSA) is 66.8 Å². The SMILES string of the molecule is CC(C)C1(C(=O)O)CCN(C(=O)C2(c3ccc(F)cc3F)CCOCC2)C1. The van der Waals surface area contributed by atoms with Crippen molar-refractivity contribution in [2.24, 2.45) is 11.3 Å². The Morgan fingerprint density at radius 1 is 1.19 bits per heavy atom. The third-order valence-electron chi connectivity index (χ3n) is 6.32. The third kappa shape index (κ3) is 3.22. The van der Waals surface area contributed by atoms with Gasteiger partial charge in [-0.05, 0) is 31.2 Å². The quantitative estimate of drug-likeness (QED) is 0.871. The largest absolute Gasteiger partial charge is 0.481 e. The fraction of sp³-hybridized carbons (Fsp3) is 0.600. The number of carboxylic acid groups (broad SMARTS) is 1. The fourth-order valence-electron chi connectivity index (χ4n) is 4.40. The maximum Gasteiger partial charge on any atom is 0.311 e. The number of benzene rings is 1. The zero-order valence-corrected chi connectivity index (χ0v) is 15.6. The average molecular weight is 381 g/mol. The molecule has 7 heteroatoms. The lowest BCUT2D eigenvalue weighted by Crippen LogP contribution is -2.51. The molecular weight excluding hydrogens is 356 g/mol. The van der Waals surface area contributed by atoms with E-state index in [2.05, 4.69) is 0 Å². The average Bonchev–Trinajstić information content (AvgIpc) is 3.08. The predicted molar refractivity (Wildman–Crippen MR) is 94.2 cm³/mol. The number of aliphatic carboxylic acids is 1. The highest BCUT2D eigenvalue weighted by atomic mass is 19.1.